The fraction of sp³-hybridized carbons (Fsp3) is 0.500. The van der Waals surface area contributed by atoms with Crippen LogP contribution in [0.25, 0.3) is 0 Å². The van der Waals surface area contributed by atoms with Gasteiger partial charge in [-0.1, -0.05) is 12.1 Å². The number of rotatable bonds is 5. The molecule has 4 rings (SSSR count). The molecule has 2 aromatic rings. The van der Waals surface area contributed by atoms with E-state index in [1.807, 2.05) is 23.1 Å². The highest BCUT2D eigenvalue weighted by Gasteiger charge is 2.29. The van der Waals surface area contributed by atoms with Crippen molar-refractivity contribution in [3.63, 3.8) is 0 Å². The normalized spacial score (nSPS) is 17.4. The van der Waals surface area contributed by atoms with Gasteiger partial charge in [0.2, 0.25) is 5.91 Å². The van der Waals surface area contributed by atoms with Crippen LogP contribution in [0.5, 0.6) is 5.75 Å². The summed E-state index contributed by atoms with van der Waals surface area (Å²) in [5.41, 5.74) is 3.16. The van der Waals surface area contributed by atoms with Crippen LogP contribution < -0.4 is 9.64 Å². The topological polar surface area (TPSA) is 67.8 Å². The van der Waals surface area contributed by atoms with Gasteiger partial charge in [-0.15, -0.1) is 11.6 Å². The van der Waals surface area contributed by atoms with E-state index >= 15 is 0 Å². The standard InChI is InChI=1S/C22H27ClN4O3/c1-15(23)22(28)27-7-6-19-18(14-27)21(26-8-10-30-11-9-26)25-20(24-19)13-16-4-3-5-17(12-16)29-2/h3-5,12,15H,6-11,13-14H2,1-2H3. The van der Waals surface area contributed by atoms with Gasteiger partial charge in [-0.25, -0.2) is 9.97 Å². The van der Waals surface area contributed by atoms with E-state index in [0.29, 0.717) is 39.1 Å². The number of aromatic nitrogens is 2. The SMILES string of the molecule is COc1cccc(Cc2nc3c(c(N4CCOCC4)n2)CN(C(=O)C(C)Cl)CC3)c1. The third kappa shape index (κ3) is 4.52. The number of amides is 1. The van der Waals surface area contributed by atoms with Crippen molar-refractivity contribution in [2.24, 2.45) is 0 Å². The Morgan fingerprint density at radius 2 is 2.07 bits per heavy atom. The Morgan fingerprint density at radius 1 is 1.27 bits per heavy atom. The largest absolute Gasteiger partial charge is 0.497 e. The number of nitrogens with zero attached hydrogens (tertiary/aromatic N) is 4. The molecule has 8 heteroatoms. The second-order valence-electron chi connectivity index (χ2n) is 7.64. The smallest absolute Gasteiger partial charge is 0.240 e. The molecule has 0 bridgehead atoms. The number of morpholine rings is 1. The van der Waals surface area contributed by atoms with Gasteiger partial charge in [0.1, 0.15) is 22.8 Å². The van der Waals surface area contributed by atoms with Crippen LogP contribution >= 0.6 is 11.6 Å². The zero-order valence-corrected chi connectivity index (χ0v) is 18.2. The Labute approximate surface area is 182 Å². The third-order valence-electron chi connectivity index (χ3n) is 5.54. The molecule has 0 N–H and O–H groups in total. The summed E-state index contributed by atoms with van der Waals surface area (Å²) < 4.78 is 10.9. The van der Waals surface area contributed by atoms with Crippen molar-refractivity contribution < 1.29 is 14.3 Å². The molecule has 2 aliphatic rings. The van der Waals surface area contributed by atoms with Gasteiger partial charge in [-0.2, -0.15) is 0 Å². The second kappa shape index (κ2) is 9.18. The molecule has 0 radical (unpaired) electrons. The van der Waals surface area contributed by atoms with Gasteiger partial charge in [-0.3, -0.25) is 4.79 Å². The van der Waals surface area contributed by atoms with Crippen molar-refractivity contribution >= 4 is 23.3 Å². The Morgan fingerprint density at radius 3 is 2.80 bits per heavy atom. The van der Waals surface area contributed by atoms with Crippen molar-refractivity contribution in [3.8, 4) is 5.75 Å². The zero-order chi connectivity index (χ0) is 21.1. The number of hydrogen-bond acceptors (Lipinski definition) is 6. The maximum Gasteiger partial charge on any atom is 0.240 e. The molecule has 1 fully saturated rings. The summed E-state index contributed by atoms with van der Waals surface area (Å²) in [5, 5.41) is -0.536. The molecule has 3 heterocycles. The van der Waals surface area contributed by atoms with E-state index in [1.165, 1.54) is 0 Å². The summed E-state index contributed by atoms with van der Waals surface area (Å²) in [7, 11) is 1.67. The summed E-state index contributed by atoms with van der Waals surface area (Å²) in [6.07, 6.45) is 1.33. The number of ether oxygens (including phenoxy) is 2. The summed E-state index contributed by atoms with van der Waals surface area (Å²) in [5.74, 6) is 2.48. The molecule has 1 unspecified atom stereocenters. The molecule has 1 amide bonds. The Kier molecular flexibility index (Phi) is 6.39. The number of methoxy groups -OCH3 is 1. The molecular weight excluding hydrogens is 404 g/mol. The molecule has 0 aliphatic carbocycles. The number of carbonyl (C=O) groups is 1. The molecule has 30 heavy (non-hydrogen) atoms. The molecule has 0 spiro atoms. The van der Waals surface area contributed by atoms with Gasteiger partial charge in [-0.05, 0) is 24.6 Å². The molecule has 1 aromatic carbocycles. The summed E-state index contributed by atoms with van der Waals surface area (Å²) in [6.45, 7) is 5.75. The van der Waals surface area contributed by atoms with E-state index in [0.717, 1.165) is 47.3 Å². The van der Waals surface area contributed by atoms with Crippen molar-refractivity contribution in [2.45, 2.75) is 31.7 Å². The first-order valence-electron chi connectivity index (χ1n) is 10.3. The van der Waals surface area contributed by atoms with Gasteiger partial charge in [0, 0.05) is 38.0 Å². The quantitative estimate of drug-likeness (QED) is 0.679. The van der Waals surface area contributed by atoms with E-state index in [2.05, 4.69) is 11.0 Å². The van der Waals surface area contributed by atoms with Crippen molar-refractivity contribution in [2.75, 3.05) is 44.9 Å². The first-order valence-corrected chi connectivity index (χ1v) is 10.8. The number of benzene rings is 1. The zero-order valence-electron chi connectivity index (χ0n) is 17.4. The van der Waals surface area contributed by atoms with Crippen LogP contribution in [0.15, 0.2) is 24.3 Å². The number of halogens is 1. The minimum absolute atomic E-state index is 0.0456. The summed E-state index contributed by atoms with van der Waals surface area (Å²) >= 11 is 6.06. The lowest BCUT2D eigenvalue weighted by atomic mass is 10.0. The summed E-state index contributed by atoms with van der Waals surface area (Å²) in [4.78, 5) is 26.4. The Hall–Kier alpha value is -2.38. The van der Waals surface area contributed by atoms with Crippen LogP contribution in [0.3, 0.4) is 0 Å². The molecule has 1 aromatic heterocycles. The number of fused-ring (bicyclic) bond motifs is 1. The van der Waals surface area contributed by atoms with Crippen LogP contribution in [0.1, 0.15) is 29.6 Å². The van der Waals surface area contributed by atoms with Crippen LogP contribution in [-0.2, 0) is 28.9 Å². The van der Waals surface area contributed by atoms with Gasteiger partial charge in [0.15, 0.2) is 0 Å². The Balaban J connectivity index is 1.67. The van der Waals surface area contributed by atoms with E-state index < -0.39 is 5.38 Å². The number of anilines is 1. The van der Waals surface area contributed by atoms with E-state index in [4.69, 9.17) is 31.0 Å². The average molecular weight is 431 g/mol. The van der Waals surface area contributed by atoms with Gasteiger partial charge in [0.25, 0.3) is 0 Å². The van der Waals surface area contributed by atoms with Gasteiger partial charge in [0.05, 0.1) is 32.6 Å². The van der Waals surface area contributed by atoms with E-state index in [9.17, 15) is 4.79 Å². The highest BCUT2D eigenvalue weighted by molar-refractivity contribution is 6.30. The van der Waals surface area contributed by atoms with Gasteiger partial charge >= 0.3 is 0 Å². The fourth-order valence-electron chi connectivity index (χ4n) is 3.97. The molecule has 7 nitrogen and oxygen atoms in total. The van der Waals surface area contributed by atoms with E-state index in [-0.39, 0.29) is 5.91 Å². The number of carbonyl (C=O) groups excluding carboxylic acids is 1. The molecular formula is C22H27ClN4O3. The lowest BCUT2D eigenvalue weighted by molar-refractivity contribution is -0.131. The Bertz CT molecular complexity index is 915. The minimum Gasteiger partial charge on any atom is -0.497 e. The summed E-state index contributed by atoms with van der Waals surface area (Å²) in [6, 6.07) is 7.98. The third-order valence-corrected chi connectivity index (χ3v) is 5.73. The van der Waals surface area contributed by atoms with Gasteiger partial charge < -0.3 is 19.3 Å². The highest BCUT2D eigenvalue weighted by atomic mass is 35.5. The lowest BCUT2D eigenvalue weighted by Gasteiger charge is -2.35. The second-order valence-corrected chi connectivity index (χ2v) is 8.30. The van der Waals surface area contributed by atoms with Crippen LogP contribution in [0, 0.1) is 0 Å². The van der Waals surface area contributed by atoms with Crippen LogP contribution in [-0.4, -0.2) is 66.1 Å². The monoisotopic (exact) mass is 430 g/mol. The maximum atomic E-state index is 12.5. The lowest BCUT2D eigenvalue weighted by Crippen LogP contribution is -2.42. The van der Waals surface area contributed by atoms with Crippen molar-refractivity contribution in [3.05, 3.63) is 46.9 Å². The predicted octanol–water partition coefficient (Wildman–Crippen LogP) is 2.42. The number of alkyl halides is 1. The molecule has 0 saturated carbocycles. The first kappa shape index (κ1) is 20.9. The molecule has 1 saturated heterocycles. The highest BCUT2D eigenvalue weighted by Crippen LogP contribution is 2.29. The van der Waals surface area contributed by atoms with Crippen LogP contribution in [0.4, 0.5) is 5.82 Å². The molecule has 160 valence electrons. The first-order chi connectivity index (χ1) is 14.5. The predicted molar refractivity (Wildman–Crippen MR) is 115 cm³/mol. The minimum atomic E-state index is -0.536. The number of hydrogen-bond donors (Lipinski definition) is 0. The maximum absolute atomic E-state index is 12.5. The van der Waals surface area contributed by atoms with E-state index in [1.54, 1.807) is 14.0 Å². The van der Waals surface area contributed by atoms with Crippen molar-refractivity contribution in [1.29, 1.82) is 0 Å². The molecule has 2 aliphatic heterocycles. The fourth-order valence-corrected chi connectivity index (χ4v) is 4.11. The molecule has 1 atom stereocenters. The van der Waals surface area contributed by atoms with Crippen LogP contribution in [0.2, 0.25) is 0 Å². The average Bonchev–Trinajstić information content (AvgIpc) is 2.78. The van der Waals surface area contributed by atoms with Crippen molar-refractivity contribution in [1.82, 2.24) is 14.9 Å².